The van der Waals surface area contributed by atoms with Crippen molar-refractivity contribution in [1.29, 1.82) is 0 Å². The van der Waals surface area contributed by atoms with Crippen LogP contribution in [0, 0.1) is 3.57 Å². The highest BCUT2D eigenvalue weighted by Gasteiger charge is 2.21. The normalized spacial score (nSPS) is 11.1. The van der Waals surface area contributed by atoms with Crippen molar-refractivity contribution >= 4 is 60.7 Å². The molecule has 10 heteroatoms. The summed E-state index contributed by atoms with van der Waals surface area (Å²) < 4.78 is 27.3. The minimum atomic E-state index is -3.81. The summed E-state index contributed by atoms with van der Waals surface area (Å²) in [5, 5.41) is 9.69. The third-order valence-corrected chi connectivity index (χ3v) is 5.55. The van der Waals surface area contributed by atoms with Gasteiger partial charge in [-0.05, 0) is 34.7 Å². The molecule has 0 unspecified atom stereocenters. The van der Waals surface area contributed by atoms with E-state index in [-0.39, 0.29) is 15.4 Å². The van der Waals surface area contributed by atoms with Crippen molar-refractivity contribution in [2.45, 2.75) is 11.3 Å². The third-order valence-electron chi connectivity index (χ3n) is 2.04. The summed E-state index contributed by atoms with van der Waals surface area (Å²) in [5.41, 5.74) is 0.462. The molecule has 0 aliphatic heterocycles. The van der Waals surface area contributed by atoms with Crippen LogP contribution in [0.2, 0.25) is 0 Å². The lowest BCUT2D eigenvalue weighted by Crippen LogP contribution is -2.13. The number of hydrogen-bond acceptors (Lipinski definition) is 6. The quantitative estimate of drug-likeness (QED) is 0.577. The maximum atomic E-state index is 12.1. The molecule has 7 nitrogen and oxygen atoms in total. The molecule has 2 N–H and O–H groups in total. The fourth-order valence-corrected chi connectivity index (χ4v) is 3.98. The lowest BCUT2D eigenvalue weighted by atomic mass is 10.3. The summed E-state index contributed by atoms with van der Waals surface area (Å²) in [5.74, 6) is -0.337. The first kappa shape index (κ1) is 15.1. The van der Waals surface area contributed by atoms with Crippen LogP contribution in [-0.2, 0) is 14.8 Å². The molecule has 0 saturated heterocycles. The Kier molecular flexibility index (Phi) is 4.55. The largest absolute Gasteiger partial charge is 0.301 e. The molecule has 1 aromatic heterocycles. The Bertz CT molecular complexity index is 744. The van der Waals surface area contributed by atoms with E-state index >= 15 is 0 Å². The van der Waals surface area contributed by atoms with Gasteiger partial charge < -0.3 is 5.32 Å². The molecule has 0 atom stereocenters. The van der Waals surface area contributed by atoms with Crippen LogP contribution in [-0.4, -0.2) is 24.5 Å². The number of anilines is 2. The first-order valence-electron chi connectivity index (χ1n) is 5.27. The number of amides is 1. The van der Waals surface area contributed by atoms with Crippen LogP contribution < -0.4 is 10.0 Å². The van der Waals surface area contributed by atoms with Gasteiger partial charge in [0.2, 0.25) is 11.0 Å². The van der Waals surface area contributed by atoms with E-state index in [2.05, 4.69) is 20.2 Å². The van der Waals surface area contributed by atoms with E-state index in [1.54, 1.807) is 24.3 Å². The summed E-state index contributed by atoms with van der Waals surface area (Å²) in [6, 6.07) is 6.96. The minimum Gasteiger partial charge on any atom is -0.301 e. The predicted octanol–water partition coefficient (Wildman–Crippen LogP) is 1.90. The highest BCUT2D eigenvalue weighted by Crippen LogP contribution is 2.24. The zero-order chi connectivity index (χ0) is 14.8. The standard InChI is InChI=1S/C10H9IN4O3S2/c1-6(16)12-9-13-14-10(19-9)20(17,18)15-8-5-3-2-4-7(8)11/h2-5,15H,1H3,(H,12,13,16). The Morgan fingerprint density at radius 1 is 1.30 bits per heavy atom. The van der Waals surface area contributed by atoms with Crippen molar-refractivity contribution in [3.63, 3.8) is 0 Å². The second-order valence-electron chi connectivity index (χ2n) is 3.64. The molecule has 0 saturated carbocycles. The van der Waals surface area contributed by atoms with E-state index in [0.717, 1.165) is 14.9 Å². The Morgan fingerprint density at radius 3 is 2.65 bits per heavy atom. The first-order valence-corrected chi connectivity index (χ1v) is 8.65. The number of aromatic nitrogens is 2. The number of carbonyl (C=O) groups excluding carboxylic acids is 1. The van der Waals surface area contributed by atoms with Gasteiger partial charge in [-0.1, -0.05) is 23.5 Å². The van der Waals surface area contributed by atoms with Gasteiger partial charge in [-0.15, -0.1) is 10.2 Å². The lowest BCUT2D eigenvalue weighted by Gasteiger charge is -2.06. The molecule has 0 aliphatic rings. The maximum absolute atomic E-state index is 12.1. The molecular formula is C10H9IN4O3S2. The van der Waals surface area contributed by atoms with Crippen molar-refractivity contribution in [3.05, 3.63) is 27.8 Å². The predicted molar refractivity (Wildman–Crippen MR) is 84.2 cm³/mol. The van der Waals surface area contributed by atoms with E-state index in [1.165, 1.54) is 6.92 Å². The van der Waals surface area contributed by atoms with Crippen LogP contribution in [0.5, 0.6) is 0 Å². The van der Waals surface area contributed by atoms with Crippen LogP contribution in [0.25, 0.3) is 0 Å². The highest BCUT2D eigenvalue weighted by atomic mass is 127. The van der Waals surface area contributed by atoms with Crippen LogP contribution in [0.4, 0.5) is 10.8 Å². The van der Waals surface area contributed by atoms with Gasteiger partial charge in [0.25, 0.3) is 14.4 Å². The van der Waals surface area contributed by atoms with Crippen molar-refractivity contribution in [3.8, 4) is 0 Å². The van der Waals surface area contributed by atoms with Crippen molar-refractivity contribution in [2.75, 3.05) is 10.0 Å². The maximum Gasteiger partial charge on any atom is 0.291 e. The van der Waals surface area contributed by atoms with Gasteiger partial charge in [0.15, 0.2) is 0 Å². The van der Waals surface area contributed by atoms with E-state index in [4.69, 9.17) is 0 Å². The van der Waals surface area contributed by atoms with Crippen molar-refractivity contribution in [2.24, 2.45) is 0 Å². The number of rotatable bonds is 4. The van der Waals surface area contributed by atoms with Crippen LogP contribution in [0.3, 0.4) is 0 Å². The monoisotopic (exact) mass is 424 g/mol. The zero-order valence-corrected chi connectivity index (χ0v) is 13.9. The van der Waals surface area contributed by atoms with Crippen LogP contribution in [0.1, 0.15) is 6.92 Å². The number of benzene rings is 1. The smallest absolute Gasteiger partial charge is 0.291 e. The molecule has 2 aromatic rings. The number of nitrogens with zero attached hydrogens (tertiary/aromatic N) is 2. The fourth-order valence-electron chi connectivity index (χ4n) is 1.25. The second kappa shape index (κ2) is 6.01. The van der Waals surface area contributed by atoms with Gasteiger partial charge in [-0.25, -0.2) is 0 Å². The van der Waals surface area contributed by atoms with E-state index in [9.17, 15) is 13.2 Å². The van der Waals surface area contributed by atoms with E-state index in [0.29, 0.717) is 5.69 Å². The Balaban J connectivity index is 2.25. The number of hydrogen-bond donors (Lipinski definition) is 2. The van der Waals surface area contributed by atoms with Gasteiger partial charge >= 0.3 is 0 Å². The highest BCUT2D eigenvalue weighted by molar-refractivity contribution is 14.1. The molecule has 0 fully saturated rings. The Morgan fingerprint density at radius 2 is 2.00 bits per heavy atom. The number of para-hydroxylation sites is 1. The molecule has 0 bridgehead atoms. The summed E-state index contributed by atoms with van der Waals surface area (Å²) in [6.45, 7) is 1.31. The molecule has 1 aromatic carbocycles. The SMILES string of the molecule is CC(=O)Nc1nnc(S(=O)(=O)Nc2ccccc2I)s1. The van der Waals surface area contributed by atoms with Crippen LogP contribution >= 0.6 is 33.9 Å². The fraction of sp³-hybridized carbons (Fsp3) is 0.100. The van der Waals surface area contributed by atoms with E-state index in [1.807, 2.05) is 22.6 Å². The van der Waals surface area contributed by atoms with Crippen molar-refractivity contribution < 1.29 is 13.2 Å². The molecule has 0 aliphatic carbocycles. The van der Waals surface area contributed by atoms with Crippen LogP contribution in [0.15, 0.2) is 28.6 Å². The molecule has 2 rings (SSSR count). The number of nitrogens with one attached hydrogen (secondary N) is 2. The molecule has 1 heterocycles. The zero-order valence-electron chi connectivity index (χ0n) is 10.1. The average Bonchev–Trinajstić information content (AvgIpc) is 2.80. The molecule has 20 heavy (non-hydrogen) atoms. The average molecular weight is 424 g/mol. The topological polar surface area (TPSA) is 101 Å². The van der Waals surface area contributed by atoms with Crippen molar-refractivity contribution in [1.82, 2.24) is 10.2 Å². The number of sulfonamides is 1. The molecule has 1 amide bonds. The van der Waals surface area contributed by atoms with Gasteiger partial charge in [0, 0.05) is 10.5 Å². The molecule has 0 spiro atoms. The first-order chi connectivity index (χ1) is 9.38. The summed E-state index contributed by atoms with van der Waals surface area (Å²) in [4.78, 5) is 10.9. The molecule has 106 valence electrons. The molecule has 0 radical (unpaired) electrons. The van der Waals surface area contributed by atoms with E-state index < -0.39 is 10.0 Å². The Labute approximate surface area is 133 Å². The molecular weight excluding hydrogens is 415 g/mol. The third kappa shape index (κ3) is 3.64. The van der Waals surface area contributed by atoms with Gasteiger partial charge in [0.1, 0.15) is 0 Å². The Hall–Kier alpha value is -1.27. The van der Waals surface area contributed by atoms with Gasteiger partial charge in [0.05, 0.1) is 5.69 Å². The lowest BCUT2D eigenvalue weighted by molar-refractivity contribution is -0.114. The number of carbonyl (C=O) groups is 1. The summed E-state index contributed by atoms with van der Waals surface area (Å²) >= 11 is 2.81. The summed E-state index contributed by atoms with van der Waals surface area (Å²) in [6.07, 6.45) is 0. The summed E-state index contributed by atoms with van der Waals surface area (Å²) in [7, 11) is -3.81. The number of halogens is 1. The van der Waals surface area contributed by atoms with Gasteiger partial charge in [-0.2, -0.15) is 8.42 Å². The minimum absolute atomic E-state index is 0.139. The van der Waals surface area contributed by atoms with Gasteiger partial charge in [-0.3, -0.25) is 9.52 Å². The second-order valence-corrected chi connectivity index (χ2v) is 7.64.